The van der Waals surface area contributed by atoms with Crippen molar-refractivity contribution in [2.24, 2.45) is 0 Å². The van der Waals surface area contributed by atoms with Crippen LogP contribution in [-0.4, -0.2) is 24.5 Å². The molecule has 0 aliphatic rings. The van der Waals surface area contributed by atoms with Gasteiger partial charge in [-0.25, -0.2) is 0 Å². The van der Waals surface area contributed by atoms with Gasteiger partial charge in [-0.3, -0.25) is 0 Å². The molecule has 0 saturated carbocycles. The van der Waals surface area contributed by atoms with Crippen molar-refractivity contribution in [2.45, 2.75) is 59.9 Å². The summed E-state index contributed by atoms with van der Waals surface area (Å²) < 4.78 is 0. The Balaban J connectivity index is 0. The molecule has 0 N–H and O–H groups in total. The quantitative estimate of drug-likeness (QED) is 0.614. The highest BCUT2D eigenvalue weighted by Gasteiger charge is 2.04. The smallest absolute Gasteiger partial charge is 0.00637 e. The molecule has 76 valence electrons. The maximum atomic E-state index is 2.43. The van der Waals surface area contributed by atoms with E-state index in [1.54, 1.807) is 0 Å². The molecule has 0 aromatic carbocycles. The van der Waals surface area contributed by atoms with Gasteiger partial charge in [-0.05, 0) is 33.4 Å². The predicted octanol–water partition coefficient (Wildman–Crippen LogP) is 3.54. The molecule has 0 rings (SSSR count). The van der Waals surface area contributed by atoms with Gasteiger partial charge in [-0.15, -0.1) is 0 Å². The molecule has 0 spiro atoms. The van der Waals surface area contributed by atoms with Crippen molar-refractivity contribution in [1.82, 2.24) is 4.90 Å². The zero-order valence-electron chi connectivity index (χ0n) is 9.85. The van der Waals surface area contributed by atoms with Crippen LogP contribution in [0, 0.1) is 0 Å². The molecule has 0 radical (unpaired) electrons. The largest absolute Gasteiger partial charge is 0.304 e. The van der Waals surface area contributed by atoms with E-state index in [9.17, 15) is 0 Å². The standard InChI is InChI=1S/C9H21N.C2H6/c1-5-7-9(3)10(4)8-6-2;1-2/h9H,5-8H2,1-4H3;1-2H3. The third-order valence-electron chi connectivity index (χ3n) is 2.04. The number of nitrogens with zero attached hydrogens (tertiary/aromatic N) is 1. The van der Waals surface area contributed by atoms with Crippen LogP contribution in [0.4, 0.5) is 0 Å². The minimum absolute atomic E-state index is 0.768. The minimum Gasteiger partial charge on any atom is -0.304 e. The van der Waals surface area contributed by atoms with E-state index in [0.29, 0.717) is 0 Å². The van der Waals surface area contributed by atoms with Gasteiger partial charge in [0.05, 0.1) is 0 Å². The third kappa shape index (κ3) is 8.06. The zero-order chi connectivity index (χ0) is 9.98. The van der Waals surface area contributed by atoms with E-state index in [4.69, 9.17) is 0 Å². The highest BCUT2D eigenvalue weighted by Crippen LogP contribution is 2.03. The van der Waals surface area contributed by atoms with Crippen LogP contribution < -0.4 is 0 Å². The summed E-state index contributed by atoms with van der Waals surface area (Å²) in [7, 11) is 2.21. The molecule has 0 aliphatic carbocycles. The van der Waals surface area contributed by atoms with Gasteiger partial charge >= 0.3 is 0 Å². The number of hydrogen-bond acceptors (Lipinski definition) is 1. The summed E-state index contributed by atoms with van der Waals surface area (Å²) >= 11 is 0. The Hall–Kier alpha value is -0.0400. The van der Waals surface area contributed by atoms with E-state index < -0.39 is 0 Å². The molecule has 0 bridgehead atoms. The van der Waals surface area contributed by atoms with Crippen LogP contribution in [0.5, 0.6) is 0 Å². The molecule has 12 heavy (non-hydrogen) atoms. The Morgan fingerprint density at radius 2 is 1.58 bits per heavy atom. The lowest BCUT2D eigenvalue weighted by Crippen LogP contribution is -2.29. The predicted molar refractivity (Wildman–Crippen MR) is 58.6 cm³/mol. The van der Waals surface area contributed by atoms with Crippen molar-refractivity contribution in [2.75, 3.05) is 13.6 Å². The Morgan fingerprint density at radius 3 is 1.92 bits per heavy atom. The normalized spacial score (nSPS) is 12.2. The Kier molecular flexibility index (Phi) is 13.2. The van der Waals surface area contributed by atoms with Gasteiger partial charge in [-0.1, -0.05) is 34.1 Å². The summed E-state index contributed by atoms with van der Waals surface area (Å²) in [6, 6.07) is 0.768. The molecule has 0 aliphatic heterocycles. The van der Waals surface area contributed by atoms with Gasteiger partial charge in [0.1, 0.15) is 0 Å². The highest BCUT2D eigenvalue weighted by molar-refractivity contribution is 4.60. The topological polar surface area (TPSA) is 3.24 Å². The lowest BCUT2D eigenvalue weighted by atomic mass is 10.2. The van der Waals surface area contributed by atoms with Crippen molar-refractivity contribution < 1.29 is 0 Å². The van der Waals surface area contributed by atoms with Crippen molar-refractivity contribution in [3.63, 3.8) is 0 Å². The minimum atomic E-state index is 0.768. The van der Waals surface area contributed by atoms with Gasteiger partial charge in [0.25, 0.3) is 0 Å². The van der Waals surface area contributed by atoms with E-state index in [1.807, 2.05) is 13.8 Å². The van der Waals surface area contributed by atoms with Crippen LogP contribution >= 0.6 is 0 Å². The summed E-state index contributed by atoms with van der Waals surface area (Å²) in [6.45, 7) is 12.0. The number of hydrogen-bond donors (Lipinski definition) is 0. The van der Waals surface area contributed by atoms with E-state index in [1.165, 1.54) is 25.8 Å². The van der Waals surface area contributed by atoms with E-state index in [2.05, 4.69) is 32.7 Å². The Morgan fingerprint density at radius 1 is 1.08 bits per heavy atom. The van der Waals surface area contributed by atoms with Crippen LogP contribution in [-0.2, 0) is 0 Å². The molecule has 0 amide bonds. The first-order chi connectivity index (χ1) is 5.72. The Bertz CT molecular complexity index is 61.4. The zero-order valence-corrected chi connectivity index (χ0v) is 9.85. The fourth-order valence-corrected chi connectivity index (χ4v) is 1.21. The van der Waals surface area contributed by atoms with Crippen molar-refractivity contribution in [3.8, 4) is 0 Å². The molecule has 0 aromatic heterocycles. The molecule has 1 heteroatoms. The summed E-state index contributed by atoms with van der Waals surface area (Å²) in [5, 5.41) is 0. The van der Waals surface area contributed by atoms with Crippen molar-refractivity contribution in [1.29, 1.82) is 0 Å². The molecular weight excluding hydrogens is 146 g/mol. The maximum Gasteiger partial charge on any atom is 0.00637 e. The second-order valence-corrected chi connectivity index (χ2v) is 3.12. The van der Waals surface area contributed by atoms with Gasteiger partial charge in [0.15, 0.2) is 0 Å². The first-order valence-corrected chi connectivity index (χ1v) is 5.42. The van der Waals surface area contributed by atoms with Crippen molar-refractivity contribution in [3.05, 3.63) is 0 Å². The van der Waals surface area contributed by atoms with Crippen LogP contribution in [0.25, 0.3) is 0 Å². The van der Waals surface area contributed by atoms with Crippen LogP contribution in [0.3, 0.4) is 0 Å². The molecule has 1 nitrogen and oxygen atoms in total. The molecular formula is C11H27N. The lowest BCUT2D eigenvalue weighted by molar-refractivity contribution is 0.245. The summed E-state index contributed by atoms with van der Waals surface area (Å²) in [5.41, 5.74) is 0. The SMILES string of the molecule is CC.CCCC(C)N(C)CCC. The number of rotatable bonds is 5. The summed E-state index contributed by atoms with van der Waals surface area (Å²) in [5.74, 6) is 0. The van der Waals surface area contributed by atoms with Gasteiger partial charge in [-0.2, -0.15) is 0 Å². The lowest BCUT2D eigenvalue weighted by Gasteiger charge is -2.23. The van der Waals surface area contributed by atoms with Gasteiger partial charge < -0.3 is 4.90 Å². The van der Waals surface area contributed by atoms with Gasteiger partial charge in [0.2, 0.25) is 0 Å². The second kappa shape index (κ2) is 11.0. The summed E-state index contributed by atoms with van der Waals surface area (Å²) in [6.07, 6.45) is 3.90. The fraction of sp³-hybridized carbons (Fsp3) is 1.00. The maximum absolute atomic E-state index is 2.43. The average molecular weight is 173 g/mol. The second-order valence-electron chi connectivity index (χ2n) is 3.12. The van der Waals surface area contributed by atoms with E-state index in [0.717, 1.165) is 6.04 Å². The first-order valence-electron chi connectivity index (χ1n) is 5.42. The molecule has 1 unspecified atom stereocenters. The Labute approximate surface area is 79.2 Å². The van der Waals surface area contributed by atoms with Crippen LogP contribution in [0.15, 0.2) is 0 Å². The van der Waals surface area contributed by atoms with Crippen LogP contribution in [0.2, 0.25) is 0 Å². The van der Waals surface area contributed by atoms with Gasteiger partial charge in [0, 0.05) is 6.04 Å². The highest BCUT2D eigenvalue weighted by atomic mass is 15.1. The molecule has 0 aromatic rings. The van der Waals surface area contributed by atoms with E-state index >= 15 is 0 Å². The monoisotopic (exact) mass is 173 g/mol. The third-order valence-corrected chi connectivity index (χ3v) is 2.04. The molecule has 0 saturated heterocycles. The van der Waals surface area contributed by atoms with Crippen molar-refractivity contribution >= 4 is 0 Å². The van der Waals surface area contributed by atoms with E-state index in [-0.39, 0.29) is 0 Å². The fourth-order valence-electron chi connectivity index (χ4n) is 1.21. The molecule has 0 fully saturated rings. The molecule has 1 atom stereocenters. The molecule has 0 heterocycles. The average Bonchev–Trinajstić information content (AvgIpc) is 2.09. The van der Waals surface area contributed by atoms with Crippen LogP contribution in [0.1, 0.15) is 53.9 Å². The summed E-state index contributed by atoms with van der Waals surface area (Å²) in [4.78, 5) is 2.43. The first kappa shape index (κ1) is 14.5.